The van der Waals surface area contributed by atoms with E-state index >= 15 is 0 Å². The summed E-state index contributed by atoms with van der Waals surface area (Å²) in [6.45, 7) is 0.367. The lowest BCUT2D eigenvalue weighted by Gasteiger charge is -2.31. The molecular weight excluding hydrogens is 329 g/mol. The first-order valence-electron chi connectivity index (χ1n) is 7.58. The predicted molar refractivity (Wildman–Crippen MR) is 82.0 cm³/mol. The Labute approximate surface area is 134 Å². The van der Waals surface area contributed by atoms with Crippen LogP contribution in [-0.4, -0.2) is 21.0 Å². The Morgan fingerprint density at radius 1 is 1.17 bits per heavy atom. The third-order valence-corrected chi connectivity index (χ3v) is 5.56. The fraction of sp³-hybridized carbons (Fsp3) is 0.600. The third-order valence-electron chi connectivity index (χ3n) is 4.21. The molecule has 0 saturated heterocycles. The predicted octanol–water partition coefficient (Wildman–Crippen LogP) is 2.64. The van der Waals surface area contributed by atoms with Gasteiger partial charge in [0.05, 0.1) is 11.3 Å². The topological polar surface area (TPSA) is 72.2 Å². The van der Waals surface area contributed by atoms with Crippen molar-refractivity contribution in [2.75, 3.05) is 6.54 Å². The van der Waals surface area contributed by atoms with E-state index in [1.807, 2.05) is 0 Å². The van der Waals surface area contributed by atoms with Gasteiger partial charge in [0.15, 0.2) is 0 Å². The zero-order chi connectivity index (χ0) is 17.1. The quantitative estimate of drug-likeness (QED) is 0.857. The standard InChI is InChI=1S/C15H21F3N2O2S/c16-15(17,18)13-7-3-1-6-12(13)10-23(21,22)20-14-8-4-2-5-11(14)9-19/h1,3,6-7,11,14,20H,2,4-5,8-10,19H2. The van der Waals surface area contributed by atoms with E-state index in [9.17, 15) is 21.6 Å². The van der Waals surface area contributed by atoms with E-state index in [1.54, 1.807) is 0 Å². The van der Waals surface area contributed by atoms with Gasteiger partial charge < -0.3 is 5.73 Å². The maximum absolute atomic E-state index is 13.0. The summed E-state index contributed by atoms with van der Waals surface area (Å²) in [5, 5.41) is 0. The highest BCUT2D eigenvalue weighted by atomic mass is 32.2. The van der Waals surface area contributed by atoms with Crippen LogP contribution in [0, 0.1) is 5.92 Å². The molecule has 1 aliphatic carbocycles. The lowest BCUT2D eigenvalue weighted by atomic mass is 9.85. The molecule has 0 heterocycles. The lowest BCUT2D eigenvalue weighted by Crippen LogP contribution is -2.45. The van der Waals surface area contributed by atoms with Gasteiger partial charge in [-0.15, -0.1) is 0 Å². The van der Waals surface area contributed by atoms with Crippen molar-refractivity contribution in [3.05, 3.63) is 35.4 Å². The second kappa shape index (κ2) is 7.19. The van der Waals surface area contributed by atoms with Crippen molar-refractivity contribution in [1.82, 2.24) is 4.72 Å². The number of hydrogen-bond donors (Lipinski definition) is 2. The van der Waals surface area contributed by atoms with Crippen molar-refractivity contribution in [3.63, 3.8) is 0 Å². The fourth-order valence-electron chi connectivity index (χ4n) is 3.04. The van der Waals surface area contributed by atoms with Gasteiger partial charge in [-0.05, 0) is 36.9 Å². The van der Waals surface area contributed by atoms with Crippen LogP contribution in [-0.2, 0) is 22.0 Å². The second-order valence-corrected chi connectivity index (χ2v) is 7.67. The summed E-state index contributed by atoms with van der Waals surface area (Å²) >= 11 is 0. The molecule has 0 bridgehead atoms. The number of nitrogens with one attached hydrogen (secondary N) is 1. The zero-order valence-corrected chi connectivity index (χ0v) is 13.5. The molecule has 0 aliphatic heterocycles. The molecule has 2 rings (SSSR count). The van der Waals surface area contributed by atoms with Crippen LogP contribution < -0.4 is 10.5 Å². The van der Waals surface area contributed by atoms with Crippen LogP contribution in [0.15, 0.2) is 24.3 Å². The highest BCUT2D eigenvalue weighted by Crippen LogP contribution is 2.32. The molecule has 0 spiro atoms. The summed E-state index contributed by atoms with van der Waals surface area (Å²) < 4.78 is 66.0. The highest BCUT2D eigenvalue weighted by molar-refractivity contribution is 7.88. The van der Waals surface area contributed by atoms with E-state index in [2.05, 4.69) is 4.72 Å². The van der Waals surface area contributed by atoms with Gasteiger partial charge >= 0.3 is 6.18 Å². The molecule has 1 fully saturated rings. The summed E-state index contributed by atoms with van der Waals surface area (Å²) in [4.78, 5) is 0. The minimum absolute atomic E-state index is 0.0383. The average Bonchev–Trinajstić information content (AvgIpc) is 2.46. The summed E-state index contributed by atoms with van der Waals surface area (Å²) in [6.07, 6.45) is -1.18. The van der Waals surface area contributed by atoms with Gasteiger partial charge in [-0.1, -0.05) is 31.0 Å². The van der Waals surface area contributed by atoms with E-state index < -0.39 is 27.5 Å². The Morgan fingerprint density at radius 2 is 1.83 bits per heavy atom. The van der Waals surface area contributed by atoms with Crippen molar-refractivity contribution < 1.29 is 21.6 Å². The normalized spacial score (nSPS) is 23.0. The van der Waals surface area contributed by atoms with Gasteiger partial charge in [-0.2, -0.15) is 13.2 Å². The second-order valence-electron chi connectivity index (χ2n) is 5.92. The first-order chi connectivity index (χ1) is 10.7. The van der Waals surface area contributed by atoms with Gasteiger partial charge in [0.2, 0.25) is 10.0 Å². The largest absolute Gasteiger partial charge is 0.416 e. The average molecular weight is 350 g/mol. The molecule has 23 heavy (non-hydrogen) atoms. The Bertz CT molecular complexity index is 632. The molecule has 0 amide bonds. The Hall–Kier alpha value is -1.12. The molecule has 1 aromatic carbocycles. The Morgan fingerprint density at radius 3 is 2.48 bits per heavy atom. The van der Waals surface area contributed by atoms with Crippen LogP contribution in [0.1, 0.15) is 36.8 Å². The smallest absolute Gasteiger partial charge is 0.330 e. The first-order valence-corrected chi connectivity index (χ1v) is 9.23. The van der Waals surface area contributed by atoms with E-state index in [4.69, 9.17) is 5.73 Å². The van der Waals surface area contributed by atoms with Crippen molar-refractivity contribution in [2.24, 2.45) is 11.7 Å². The van der Waals surface area contributed by atoms with Gasteiger partial charge in [-0.25, -0.2) is 13.1 Å². The van der Waals surface area contributed by atoms with E-state index in [0.29, 0.717) is 13.0 Å². The van der Waals surface area contributed by atoms with Crippen LogP contribution in [0.4, 0.5) is 13.2 Å². The molecule has 3 N–H and O–H groups in total. The number of sulfonamides is 1. The summed E-state index contributed by atoms with van der Waals surface area (Å²) in [5.41, 5.74) is 4.51. The van der Waals surface area contributed by atoms with Gasteiger partial charge in [0.1, 0.15) is 0 Å². The molecule has 2 atom stereocenters. The minimum atomic E-state index is -4.57. The van der Waals surface area contributed by atoms with E-state index in [-0.39, 0.29) is 17.5 Å². The maximum Gasteiger partial charge on any atom is 0.416 e. The molecule has 4 nitrogen and oxygen atoms in total. The lowest BCUT2D eigenvalue weighted by molar-refractivity contribution is -0.138. The van der Waals surface area contributed by atoms with E-state index in [1.165, 1.54) is 18.2 Å². The zero-order valence-electron chi connectivity index (χ0n) is 12.6. The number of hydrogen-bond acceptors (Lipinski definition) is 3. The van der Waals surface area contributed by atoms with Crippen molar-refractivity contribution in [2.45, 2.75) is 43.7 Å². The first kappa shape index (κ1) is 18.2. The summed E-state index contributed by atoms with van der Waals surface area (Å²) in [5.74, 6) is -0.646. The third kappa shape index (κ3) is 4.92. The number of nitrogens with two attached hydrogens (primary N) is 1. The molecule has 1 aromatic rings. The number of halogens is 3. The van der Waals surface area contributed by atoms with Crippen LogP contribution in [0.3, 0.4) is 0 Å². The fourth-order valence-corrected chi connectivity index (χ4v) is 4.56. The van der Waals surface area contributed by atoms with Crippen LogP contribution >= 0.6 is 0 Å². The monoisotopic (exact) mass is 350 g/mol. The summed E-state index contributed by atoms with van der Waals surface area (Å²) in [6, 6.07) is 4.45. The molecule has 0 radical (unpaired) electrons. The van der Waals surface area contributed by atoms with Gasteiger partial charge in [0, 0.05) is 6.04 Å². The van der Waals surface area contributed by atoms with Crippen LogP contribution in [0.5, 0.6) is 0 Å². The molecule has 2 unspecified atom stereocenters. The molecular formula is C15H21F3N2O2S. The summed E-state index contributed by atoms with van der Waals surface area (Å²) in [7, 11) is -3.87. The minimum Gasteiger partial charge on any atom is -0.330 e. The number of alkyl halides is 3. The van der Waals surface area contributed by atoms with Gasteiger partial charge in [0.25, 0.3) is 0 Å². The SMILES string of the molecule is NCC1CCCCC1NS(=O)(=O)Cc1ccccc1C(F)(F)F. The molecule has 0 aromatic heterocycles. The van der Waals surface area contributed by atoms with Crippen LogP contribution in [0.2, 0.25) is 0 Å². The number of rotatable bonds is 5. The van der Waals surface area contributed by atoms with Crippen LogP contribution in [0.25, 0.3) is 0 Å². The van der Waals surface area contributed by atoms with Gasteiger partial charge in [-0.3, -0.25) is 0 Å². The molecule has 130 valence electrons. The Kier molecular flexibility index (Phi) is 5.70. The molecule has 8 heteroatoms. The van der Waals surface area contributed by atoms with Crippen molar-refractivity contribution >= 4 is 10.0 Å². The van der Waals surface area contributed by atoms with Crippen molar-refractivity contribution in [1.29, 1.82) is 0 Å². The molecule has 1 saturated carbocycles. The number of benzene rings is 1. The Balaban J connectivity index is 2.16. The van der Waals surface area contributed by atoms with E-state index in [0.717, 1.165) is 25.3 Å². The highest BCUT2D eigenvalue weighted by Gasteiger charge is 2.35. The van der Waals surface area contributed by atoms with Crippen molar-refractivity contribution in [3.8, 4) is 0 Å². The molecule has 1 aliphatic rings. The maximum atomic E-state index is 13.0.